The van der Waals surface area contributed by atoms with Gasteiger partial charge in [0.05, 0.1) is 0 Å². The molecule has 0 heterocycles. The standard InChI is InChI=1S/C11H11.3BrH.Zr/c1-2-6-10(5-1)9-11-7-3-4-8-11;;;;/h1-5,7,9H,6,8H2;3*1H;/q;;;;+3/p-3. The molecule has 2 aliphatic rings. The third-order valence-corrected chi connectivity index (χ3v) is 4.16. The van der Waals surface area contributed by atoms with Gasteiger partial charge in [-0.3, -0.25) is 0 Å². The number of rotatable bonds is 2. The average Bonchev–Trinajstić information content (AvgIpc) is 2.77. The van der Waals surface area contributed by atoms with Crippen LogP contribution in [0.4, 0.5) is 0 Å². The molecular formula is C11H11Br3Zr. The van der Waals surface area contributed by atoms with E-state index in [0.717, 1.165) is 3.63 Å². The van der Waals surface area contributed by atoms with Crippen molar-refractivity contribution in [1.29, 1.82) is 0 Å². The van der Waals surface area contributed by atoms with Crippen LogP contribution in [0.2, 0.25) is 3.63 Å². The van der Waals surface area contributed by atoms with Gasteiger partial charge in [-0.1, -0.05) is 0 Å². The Labute approximate surface area is 138 Å². The van der Waals surface area contributed by atoms with Crippen LogP contribution in [-0.4, -0.2) is 0 Å². The molecule has 0 nitrogen and oxygen atoms in total. The molecule has 2 rings (SSSR count). The summed E-state index contributed by atoms with van der Waals surface area (Å²) in [5, 5.41) is 0. The molecule has 0 bridgehead atoms. The van der Waals surface area contributed by atoms with Crippen molar-refractivity contribution >= 4 is 0 Å². The molecule has 0 saturated heterocycles. The number of hydrogen-bond acceptors (Lipinski definition) is 0. The van der Waals surface area contributed by atoms with Crippen LogP contribution in [-0.2, 0) is 24.7 Å². The van der Waals surface area contributed by atoms with Gasteiger partial charge in [-0.05, 0) is 0 Å². The van der Waals surface area contributed by atoms with Crippen LogP contribution in [0.1, 0.15) is 12.8 Å². The van der Waals surface area contributed by atoms with E-state index in [9.17, 15) is 0 Å². The first-order valence-corrected chi connectivity index (χ1v) is 5.72. The first kappa shape index (κ1) is 18.6. The molecule has 0 aromatic carbocycles. The molecule has 15 heavy (non-hydrogen) atoms. The van der Waals surface area contributed by atoms with Crippen molar-refractivity contribution in [3.8, 4) is 0 Å². The third-order valence-electron chi connectivity index (χ3n) is 2.34. The number of halogens is 3. The molecule has 0 atom stereocenters. The molecule has 0 aromatic heterocycles. The quantitative estimate of drug-likeness (QED) is 0.375. The van der Waals surface area contributed by atoms with E-state index in [-0.39, 0.29) is 50.9 Å². The number of allylic oxidation sites excluding steroid dienone is 8. The molecule has 0 unspecified atom stereocenters. The zero-order valence-electron chi connectivity index (χ0n) is 8.09. The van der Waals surface area contributed by atoms with Gasteiger partial charge in [0.25, 0.3) is 0 Å². The molecule has 4 heteroatoms. The van der Waals surface area contributed by atoms with E-state index < -0.39 is 0 Å². The summed E-state index contributed by atoms with van der Waals surface area (Å²) in [6.45, 7) is 0. The van der Waals surface area contributed by atoms with E-state index in [1.165, 1.54) is 12.8 Å². The molecule has 0 N–H and O–H groups in total. The Morgan fingerprint density at radius 1 is 0.867 bits per heavy atom. The zero-order valence-corrected chi connectivity index (χ0v) is 15.3. The fourth-order valence-electron chi connectivity index (χ4n) is 1.59. The first-order valence-electron chi connectivity index (χ1n) is 4.30. The normalized spacial score (nSPS) is 16.5. The summed E-state index contributed by atoms with van der Waals surface area (Å²) in [5.41, 5.74) is 3.20. The molecule has 0 amide bonds. The minimum atomic E-state index is 0. The van der Waals surface area contributed by atoms with Crippen molar-refractivity contribution < 1.29 is 75.7 Å². The summed E-state index contributed by atoms with van der Waals surface area (Å²) >= 11 is 1.63. The van der Waals surface area contributed by atoms with Gasteiger partial charge in [0, 0.05) is 0 Å². The van der Waals surface area contributed by atoms with Gasteiger partial charge in [-0.25, -0.2) is 0 Å². The SMILES string of the molecule is [Br-].[Br-].[Br-].[Zr+3][CH](C1=CC=CC1)C1=CC=CC1. The molecule has 0 radical (unpaired) electrons. The Kier molecular flexibility index (Phi) is 11.6. The van der Waals surface area contributed by atoms with E-state index in [1.54, 1.807) is 35.9 Å². The van der Waals surface area contributed by atoms with Gasteiger partial charge in [0.1, 0.15) is 0 Å². The van der Waals surface area contributed by atoms with Gasteiger partial charge in [-0.15, -0.1) is 0 Å². The second kappa shape index (κ2) is 9.33. The van der Waals surface area contributed by atoms with E-state index in [2.05, 4.69) is 36.5 Å². The van der Waals surface area contributed by atoms with Crippen LogP contribution >= 0.6 is 0 Å². The van der Waals surface area contributed by atoms with Crippen LogP contribution in [0.25, 0.3) is 0 Å². The summed E-state index contributed by atoms with van der Waals surface area (Å²) < 4.78 is 0.738. The summed E-state index contributed by atoms with van der Waals surface area (Å²) in [6.07, 6.45) is 15.7. The second-order valence-corrected chi connectivity index (χ2v) is 4.60. The summed E-state index contributed by atoms with van der Waals surface area (Å²) in [7, 11) is 0. The van der Waals surface area contributed by atoms with Crippen molar-refractivity contribution in [2.75, 3.05) is 0 Å². The van der Waals surface area contributed by atoms with Crippen molar-refractivity contribution in [1.82, 2.24) is 0 Å². The first-order chi connectivity index (χ1) is 5.88. The van der Waals surface area contributed by atoms with E-state index in [4.69, 9.17) is 0 Å². The Morgan fingerprint density at radius 2 is 1.27 bits per heavy atom. The fourth-order valence-corrected chi connectivity index (χ4v) is 2.65. The van der Waals surface area contributed by atoms with E-state index >= 15 is 0 Å². The van der Waals surface area contributed by atoms with Crippen molar-refractivity contribution in [2.24, 2.45) is 0 Å². The zero-order chi connectivity index (χ0) is 8.39. The Hall–Kier alpha value is 1.28. The molecule has 0 saturated carbocycles. The van der Waals surface area contributed by atoms with E-state index in [1.807, 2.05) is 0 Å². The van der Waals surface area contributed by atoms with Crippen LogP contribution in [0.3, 0.4) is 0 Å². The van der Waals surface area contributed by atoms with Crippen molar-refractivity contribution in [2.45, 2.75) is 16.5 Å². The monoisotopic (exact) mass is 470 g/mol. The Bertz CT molecular complexity index is 273. The maximum absolute atomic E-state index is 2.28. The molecule has 0 aliphatic heterocycles. The molecule has 0 spiro atoms. The summed E-state index contributed by atoms with van der Waals surface area (Å²) in [5.74, 6) is 0. The molecular weight excluding hydrogens is 463 g/mol. The Morgan fingerprint density at radius 3 is 1.53 bits per heavy atom. The van der Waals surface area contributed by atoms with Crippen LogP contribution in [0, 0.1) is 0 Å². The minimum absolute atomic E-state index is 0. The topological polar surface area (TPSA) is 0 Å². The molecule has 0 fully saturated rings. The van der Waals surface area contributed by atoms with Crippen molar-refractivity contribution in [3.63, 3.8) is 0 Å². The average molecular weight is 474 g/mol. The van der Waals surface area contributed by atoms with Gasteiger partial charge < -0.3 is 50.9 Å². The predicted molar refractivity (Wildman–Crippen MR) is 47.4 cm³/mol. The van der Waals surface area contributed by atoms with Crippen LogP contribution in [0.5, 0.6) is 0 Å². The van der Waals surface area contributed by atoms with Gasteiger partial charge in [0.2, 0.25) is 0 Å². The summed E-state index contributed by atoms with van der Waals surface area (Å²) in [4.78, 5) is 0. The summed E-state index contributed by atoms with van der Waals surface area (Å²) in [6, 6.07) is 0. The van der Waals surface area contributed by atoms with Gasteiger partial charge >= 0.3 is 88.8 Å². The molecule has 0 aromatic rings. The fraction of sp³-hybridized carbons (Fsp3) is 0.273. The number of hydrogen-bond donors (Lipinski definition) is 0. The van der Waals surface area contributed by atoms with Crippen LogP contribution < -0.4 is 50.9 Å². The van der Waals surface area contributed by atoms with Gasteiger partial charge in [0.15, 0.2) is 0 Å². The molecule has 2 aliphatic carbocycles. The van der Waals surface area contributed by atoms with Gasteiger partial charge in [-0.2, -0.15) is 0 Å². The Balaban J connectivity index is 0. The third kappa shape index (κ3) is 4.97. The van der Waals surface area contributed by atoms with Crippen LogP contribution in [0.15, 0.2) is 47.6 Å². The molecule has 80 valence electrons. The van der Waals surface area contributed by atoms with Crippen molar-refractivity contribution in [3.05, 3.63) is 47.6 Å². The maximum atomic E-state index is 2.28. The second-order valence-electron chi connectivity index (χ2n) is 3.18. The van der Waals surface area contributed by atoms with E-state index in [0.29, 0.717) is 0 Å². The predicted octanol–water partition coefficient (Wildman–Crippen LogP) is -5.89.